The number of nitrogens with one attached hydrogen (secondary N) is 1. The van der Waals surface area contributed by atoms with Crippen molar-refractivity contribution in [3.8, 4) is 5.75 Å². The molecule has 10 heteroatoms. The van der Waals surface area contributed by atoms with E-state index in [4.69, 9.17) is 9.26 Å². The minimum atomic E-state index is -3.42. The van der Waals surface area contributed by atoms with Crippen LogP contribution in [-0.4, -0.2) is 74.6 Å². The smallest absolute Gasteiger partial charge is 0.220 e. The van der Waals surface area contributed by atoms with E-state index in [2.05, 4.69) is 20.4 Å². The fraction of sp³-hybridized carbons (Fsp3) is 0.474. The monoisotopic (exact) mass is 421 g/mol. The van der Waals surface area contributed by atoms with Crippen molar-refractivity contribution >= 4 is 16.0 Å². The molecule has 158 valence electrons. The molecule has 0 aliphatic carbocycles. The van der Waals surface area contributed by atoms with Gasteiger partial charge < -0.3 is 19.5 Å². The molecule has 29 heavy (non-hydrogen) atoms. The van der Waals surface area contributed by atoms with Gasteiger partial charge >= 0.3 is 0 Å². The van der Waals surface area contributed by atoms with E-state index in [9.17, 15) is 8.42 Å². The third kappa shape index (κ3) is 6.20. The Hall–Kier alpha value is -2.59. The Morgan fingerprint density at radius 1 is 1.21 bits per heavy atom. The van der Waals surface area contributed by atoms with E-state index in [-0.39, 0.29) is 5.75 Å². The maximum absolute atomic E-state index is 12.6. The molecule has 0 radical (unpaired) electrons. The number of ether oxygens (including phenoxy) is 1. The molecule has 0 bridgehead atoms. The summed E-state index contributed by atoms with van der Waals surface area (Å²) >= 11 is 0. The predicted octanol–water partition coefficient (Wildman–Crippen LogP) is 1.17. The van der Waals surface area contributed by atoms with Crippen LogP contribution < -0.4 is 10.1 Å². The molecule has 2 aromatic rings. The number of rotatable bonds is 8. The van der Waals surface area contributed by atoms with E-state index < -0.39 is 10.0 Å². The Bertz CT molecular complexity index is 863. The third-order valence-corrected chi connectivity index (χ3v) is 6.27. The molecule has 2 heterocycles. The zero-order valence-electron chi connectivity index (χ0n) is 16.5. The molecule has 9 nitrogen and oxygen atoms in total. The summed E-state index contributed by atoms with van der Waals surface area (Å²) in [6.45, 7) is 5.70. The maximum Gasteiger partial charge on any atom is 0.220 e. The lowest BCUT2D eigenvalue weighted by Gasteiger charge is -2.35. The number of para-hydroxylation sites is 1. The zero-order chi connectivity index (χ0) is 20.5. The summed E-state index contributed by atoms with van der Waals surface area (Å²) in [5.41, 5.74) is 0.417. The minimum Gasteiger partial charge on any atom is -0.492 e. The lowest BCUT2D eigenvalue weighted by Crippen LogP contribution is -2.54. The van der Waals surface area contributed by atoms with Crippen LogP contribution >= 0.6 is 0 Å². The first kappa shape index (κ1) is 21.1. The topological polar surface area (TPSA) is 100 Å². The molecule has 1 aliphatic rings. The SMILES string of the molecule is CCNC(=NCCOc1ccccc1)N1CCN(S(=O)(=O)Cc2ccon2)CC1. The van der Waals surface area contributed by atoms with Crippen molar-refractivity contribution in [1.82, 2.24) is 19.7 Å². The average molecular weight is 422 g/mol. The van der Waals surface area contributed by atoms with Gasteiger partial charge in [-0.05, 0) is 19.1 Å². The van der Waals surface area contributed by atoms with Crippen LogP contribution in [0.1, 0.15) is 12.6 Å². The second-order valence-corrected chi connectivity index (χ2v) is 8.50. The summed E-state index contributed by atoms with van der Waals surface area (Å²) in [5.74, 6) is 1.45. The quantitative estimate of drug-likeness (QED) is 0.388. The number of aromatic nitrogens is 1. The van der Waals surface area contributed by atoms with Gasteiger partial charge in [0.2, 0.25) is 10.0 Å². The summed E-state index contributed by atoms with van der Waals surface area (Å²) in [4.78, 5) is 6.69. The van der Waals surface area contributed by atoms with Gasteiger partial charge in [-0.1, -0.05) is 23.4 Å². The highest BCUT2D eigenvalue weighted by Gasteiger charge is 2.28. The van der Waals surface area contributed by atoms with Crippen molar-refractivity contribution in [2.24, 2.45) is 4.99 Å². The Morgan fingerprint density at radius 2 is 1.97 bits per heavy atom. The molecule has 0 amide bonds. The largest absolute Gasteiger partial charge is 0.492 e. The number of sulfonamides is 1. The molecule has 1 N–H and O–H groups in total. The molecule has 1 fully saturated rings. The summed E-state index contributed by atoms with van der Waals surface area (Å²) < 4.78 is 37.0. The van der Waals surface area contributed by atoms with E-state index in [1.54, 1.807) is 6.07 Å². The Labute approximate surface area is 171 Å². The third-order valence-electron chi connectivity index (χ3n) is 4.45. The number of aliphatic imine (C=N–C) groups is 1. The minimum absolute atomic E-state index is 0.144. The van der Waals surface area contributed by atoms with Gasteiger partial charge in [0.25, 0.3) is 0 Å². The van der Waals surface area contributed by atoms with Crippen molar-refractivity contribution in [3.63, 3.8) is 0 Å². The summed E-state index contributed by atoms with van der Waals surface area (Å²) in [6.07, 6.45) is 1.38. The first-order chi connectivity index (χ1) is 14.1. The van der Waals surface area contributed by atoms with Crippen LogP contribution in [0.25, 0.3) is 0 Å². The van der Waals surface area contributed by atoms with Crippen LogP contribution in [0.15, 0.2) is 52.2 Å². The summed E-state index contributed by atoms with van der Waals surface area (Å²) in [6, 6.07) is 11.2. The highest BCUT2D eigenvalue weighted by Crippen LogP contribution is 2.13. The van der Waals surface area contributed by atoms with Gasteiger partial charge in [0.15, 0.2) is 5.96 Å². The van der Waals surface area contributed by atoms with Gasteiger partial charge in [0.1, 0.15) is 24.4 Å². The molecular weight excluding hydrogens is 394 g/mol. The lowest BCUT2D eigenvalue weighted by atomic mass is 10.3. The van der Waals surface area contributed by atoms with Crippen molar-refractivity contribution in [1.29, 1.82) is 0 Å². The van der Waals surface area contributed by atoms with E-state index in [1.807, 2.05) is 37.3 Å². The highest BCUT2D eigenvalue weighted by atomic mass is 32.2. The maximum atomic E-state index is 12.6. The van der Waals surface area contributed by atoms with Crippen LogP contribution in [0.3, 0.4) is 0 Å². The number of hydrogen-bond donors (Lipinski definition) is 1. The zero-order valence-corrected chi connectivity index (χ0v) is 17.3. The molecule has 1 aromatic carbocycles. The van der Waals surface area contributed by atoms with Crippen molar-refractivity contribution in [2.45, 2.75) is 12.7 Å². The van der Waals surface area contributed by atoms with Crippen LogP contribution in [0.4, 0.5) is 0 Å². The van der Waals surface area contributed by atoms with Gasteiger partial charge in [0, 0.05) is 38.8 Å². The van der Waals surface area contributed by atoms with Crippen molar-refractivity contribution in [2.75, 3.05) is 45.9 Å². The van der Waals surface area contributed by atoms with Gasteiger partial charge in [-0.3, -0.25) is 0 Å². The van der Waals surface area contributed by atoms with Gasteiger partial charge in [-0.25, -0.2) is 13.4 Å². The van der Waals surface area contributed by atoms with Crippen LogP contribution in [0.2, 0.25) is 0 Å². The molecule has 0 atom stereocenters. The molecular formula is C19H27N5O4S. The Kier molecular flexibility index (Phi) is 7.48. The number of nitrogens with zero attached hydrogens (tertiary/aromatic N) is 4. The van der Waals surface area contributed by atoms with Gasteiger partial charge in [0.05, 0.1) is 12.2 Å². The van der Waals surface area contributed by atoms with E-state index in [0.717, 1.165) is 18.3 Å². The van der Waals surface area contributed by atoms with Crippen molar-refractivity contribution < 1.29 is 17.7 Å². The summed E-state index contributed by atoms with van der Waals surface area (Å²) in [5, 5.41) is 6.97. The molecule has 0 unspecified atom stereocenters. The lowest BCUT2D eigenvalue weighted by molar-refractivity contribution is 0.259. The highest BCUT2D eigenvalue weighted by molar-refractivity contribution is 7.88. The Balaban J connectivity index is 1.50. The second kappa shape index (κ2) is 10.3. The Morgan fingerprint density at radius 3 is 2.62 bits per heavy atom. The second-order valence-electron chi connectivity index (χ2n) is 6.53. The first-order valence-electron chi connectivity index (χ1n) is 9.66. The predicted molar refractivity (Wildman–Crippen MR) is 110 cm³/mol. The van der Waals surface area contributed by atoms with E-state index in [1.165, 1.54) is 10.6 Å². The molecule has 1 saturated heterocycles. The van der Waals surface area contributed by atoms with Crippen LogP contribution in [-0.2, 0) is 15.8 Å². The standard InChI is InChI=1S/C19H27N5O4S/c1-2-20-19(21-9-15-27-18-6-4-3-5-7-18)23-10-12-24(13-11-23)29(25,26)16-17-8-14-28-22-17/h3-8,14H,2,9-13,15-16H2,1H3,(H,20,21). The summed E-state index contributed by atoms with van der Waals surface area (Å²) in [7, 11) is -3.42. The number of guanidine groups is 1. The van der Waals surface area contributed by atoms with Crippen LogP contribution in [0.5, 0.6) is 5.75 Å². The first-order valence-corrected chi connectivity index (χ1v) is 11.3. The fourth-order valence-corrected chi connectivity index (χ4v) is 4.45. The van der Waals surface area contributed by atoms with Gasteiger partial charge in [-0.15, -0.1) is 0 Å². The van der Waals surface area contributed by atoms with Crippen LogP contribution in [0, 0.1) is 0 Å². The van der Waals surface area contributed by atoms with Gasteiger partial charge in [-0.2, -0.15) is 4.31 Å². The number of piperazine rings is 1. The van der Waals surface area contributed by atoms with E-state index >= 15 is 0 Å². The normalized spacial score (nSPS) is 16.0. The molecule has 3 rings (SSSR count). The molecule has 1 aliphatic heterocycles. The number of benzene rings is 1. The molecule has 0 spiro atoms. The molecule has 1 aromatic heterocycles. The fourth-order valence-electron chi connectivity index (χ4n) is 3.03. The average Bonchev–Trinajstić information content (AvgIpc) is 3.23. The van der Waals surface area contributed by atoms with E-state index in [0.29, 0.717) is 45.0 Å². The number of hydrogen-bond acceptors (Lipinski definition) is 6. The molecule has 0 saturated carbocycles. The van der Waals surface area contributed by atoms with Crippen molar-refractivity contribution in [3.05, 3.63) is 48.4 Å².